The molecule has 17 heavy (non-hydrogen) atoms. The van der Waals surface area contributed by atoms with Crippen molar-refractivity contribution in [2.24, 2.45) is 11.7 Å². The predicted molar refractivity (Wildman–Crippen MR) is 64.4 cm³/mol. The highest BCUT2D eigenvalue weighted by atomic mass is 16.4. The lowest BCUT2D eigenvalue weighted by Crippen LogP contribution is -2.46. The van der Waals surface area contributed by atoms with E-state index >= 15 is 0 Å². The van der Waals surface area contributed by atoms with Gasteiger partial charge in [0.25, 0.3) is 0 Å². The predicted octanol–water partition coefficient (Wildman–Crippen LogP) is 0.825. The molecule has 0 heterocycles. The van der Waals surface area contributed by atoms with Gasteiger partial charge in [0, 0.05) is 18.6 Å². The molecule has 1 aliphatic carbocycles. The van der Waals surface area contributed by atoms with E-state index < -0.39 is 5.97 Å². The van der Waals surface area contributed by atoms with Gasteiger partial charge in [0.05, 0.1) is 12.3 Å². The lowest BCUT2D eigenvalue weighted by atomic mass is 10.0. The normalized spacial score (nSPS) is 25.6. The molecule has 0 bridgehead atoms. The van der Waals surface area contributed by atoms with Crippen LogP contribution in [0.25, 0.3) is 0 Å². The molecule has 3 N–H and O–H groups in total. The molecule has 3 unspecified atom stereocenters. The number of carbonyl (C=O) groups is 2. The van der Waals surface area contributed by atoms with E-state index in [1.807, 2.05) is 6.92 Å². The van der Waals surface area contributed by atoms with Crippen LogP contribution in [0.2, 0.25) is 0 Å². The summed E-state index contributed by atoms with van der Waals surface area (Å²) in [7, 11) is 0. The number of carboxylic acid groups (broad SMARTS) is 1. The van der Waals surface area contributed by atoms with Gasteiger partial charge in [-0.3, -0.25) is 9.59 Å². The van der Waals surface area contributed by atoms with Crippen molar-refractivity contribution >= 4 is 11.9 Å². The van der Waals surface area contributed by atoms with Crippen molar-refractivity contribution in [1.29, 1.82) is 0 Å². The fourth-order valence-electron chi connectivity index (χ4n) is 2.56. The van der Waals surface area contributed by atoms with Gasteiger partial charge in [-0.05, 0) is 26.7 Å². The maximum absolute atomic E-state index is 12.3. The summed E-state index contributed by atoms with van der Waals surface area (Å²) in [6.45, 7) is 4.18. The summed E-state index contributed by atoms with van der Waals surface area (Å²) in [6.07, 6.45) is 2.70. The summed E-state index contributed by atoms with van der Waals surface area (Å²) in [5, 5.41) is 8.76. The number of carbonyl (C=O) groups excluding carboxylic acids is 1. The fourth-order valence-corrected chi connectivity index (χ4v) is 2.56. The second kappa shape index (κ2) is 6.00. The molecule has 1 rings (SSSR count). The van der Waals surface area contributed by atoms with E-state index in [9.17, 15) is 9.59 Å². The molecule has 0 aromatic heterocycles. The smallest absolute Gasteiger partial charge is 0.305 e. The zero-order valence-electron chi connectivity index (χ0n) is 10.6. The van der Waals surface area contributed by atoms with Crippen LogP contribution in [0.1, 0.15) is 39.5 Å². The number of rotatable bonds is 5. The van der Waals surface area contributed by atoms with Crippen LogP contribution in [-0.4, -0.2) is 40.5 Å². The monoisotopic (exact) mass is 242 g/mol. The van der Waals surface area contributed by atoms with Crippen LogP contribution >= 0.6 is 0 Å². The average molecular weight is 242 g/mol. The van der Waals surface area contributed by atoms with Gasteiger partial charge in [-0.25, -0.2) is 0 Å². The van der Waals surface area contributed by atoms with Gasteiger partial charge < -0.3 is 15.7 Å². The molecule has 1 fully saturated rings. The van der Waals surface area contributed by atoms with Gasteiger partial charge in [0.1, 0.15) is 0 Å². The Morgan fingerprint density at radius 1 is 1.47 bits per heavy atom. The van der Waals surface area contributed by atoms with Gasteiger partial charge in [0.15, 0.2) is 0 Å². The Kier molecular flexibility index (Phi) is 4.93. The first kappa shape index (κ1) is 14.0. The van der Waals surface area contributed by atoms with E-state index in [0.29, 0.717) is 6.54 Å². The first-order valence-corrected chi connectivity index (χ1v) is 6.25. The lowest BCUT2D eigenvalue weighted by Gasteiger charge is -2.30. The summed E-state index contributed by atoms with van der Waals surface area (Å²) in [5.74, 6) is -0.975. The van der Waals surface area contributed by atoms with E-state index in [1.54, 1.807) is 11.8 Å². The van der Waals surface area contributed by atoms with Crippen LogP contribution in [0, 0.1) is 5.92 Å². The quantitative estimate of drug-likeness (QED) is 0.747. The molecule has 0 radical (unpaired) electrons. The minimum Gasteiger partial charge on any atom is -0.481 e. The van der Waals surface area contributed by atoms with Crippen LogP contribution in [-0.2, 0) is 9.59 Å². The highest BCUT2D eigenvalue weighted by Gasteiger charge is 2.34. The summed E-state index contributed by atoms with van der Waals surface area (Å²) in [4.78, 5) is 24.6. The van der Waals surface area contributed by atoms with Crippen molar-refractivity contribution in [2.45, 2.75) is 51.6 Å². The number of carboxylic acids is 1. The summed E-state index contributed by atoms with van der Waals surface area (Å²) < 4.78 is 0. The summed E-state index contributed by atoms with van der Waals surface area (Å²) >= 11 is 0. The highest BCUT2D eigenvalue weighted by Crippen LogP contribution is 2.26. The number of nitrogens with zero attached hydrogens (tertiary/aromatic N) is 1. The molecule has 3 atom stereocenters. The number of hydrogen-bond donors (Lipinski definition) is 2. The minimum atomic E-state index is -0.875. The highest BCUT2D eigenvalue weighted by molar-refractivity contribution is 5.81. The second-order valence-corrected chi connectivity index (χ2v) is 4.77. The Morgan fingerprint density at radius 2 is 2.12 bits per heavy atom. The third kappa shape index (κ3) is 3.43. The molecule has 5 nitrogen and oxygen atoms in total. The Bertz CT molecular complexity index is 293. The lowest BCUT2D eigenvalue weighted by molar-refractivity contribution is -0.142. The van der Waals surface area contributed by atoms with Crippen molar-refractivity contribution in [3.63, 3.8) is 0 Å². The van der Waals surface area contributed by atoms with Crippen LogP contribution < -0.4 is 5.73 Å². The SMILES string of the molecule is CCN(C(=O)C1CCCC1N)C(C)CC(=O)O. The third-order valence-electron chi connectivity index (χ3n) is 3.51. The molecule has 1 aliphatic rings. The molecule has 1 amide bonds. The maximum Gasteiger partial charge on any atom is 0.305 e. The van der Waals surface area contributed by atoms with E-state index in [-0.39, 0.29) is 30.3 Å². The van der Waals surface area contributed by atoms with Gasteiger partial charge in [-0.1, -0.05) is 6.42 Å². The Morgan fingerprint density at radius 3 is 2.53 bits per heavy atom. The molecular formula is C12H22N2O3. The standard InChI is InChI=1S/C12H22N2O3/c1-3-14(8(2)7-11(15)16)12(17)9-5-4-6-10(9)13/h8-10H,3-7,13H2,1-2H3,(H,15,16). The van der Waals surface area contributed by atoms with Crippen molar-refractivity contribution in [2.75, 3.05) is 6.54 Å². The van der Waals surface area contributed by atoms with E-state index in [2.05, 4.69) is 0 Å². The molecule has 0 saturated heterocycles. The first-order chi connectivity index (χ1) is 7.97. The van der Waals surface area contributed by atoms with Crippen molar-refractivity contribution in [3.8, 4) is 0 Å². The average Bonchev–Trinajstić information content (AvgIpc) is 2.64. The molecule has 0 aliphatic heterocycles. The van der Waals surface area contributed by atoms with Crippen molar-refractivity contribution < 1.29 is 14.7 Å². The zero-order valence-corrected chi connectivity index (χ0v) is 10.6. The second-order valence-electron chi connectivity index (χ2n) is 4.77. The molecule has 98 valence electrons. The first-order valence-electron chi connectivity index (χ1n) is 6.25. The van der Waals surface area contributed by atoms with Crippen LogP contribution in [0.5, 0.6) is 0 Å². The van der Waals surface area contributed by atoms with E-state index in [1.165, 1.54) is 0 Å². The van der Waals surface area contributed by atoms with Gasteiger partial charge in [-0.2, -0.15) is 0 Å². The molecule has 0 aromatic rings. The summed E-state index contributed by atoms with van der Waals surface area (Å²) in [5.41, 5.74) is 5.91. The molecular weight excluding hydrogens is 220 g/mol. The van der Waals surface area contributed by atoms with E-state index in [0.717, 1.165) is 19.3 Å². The molecule has 0 aromatic carbocycles. The largest absolute Gasteiger partial charge is 0.481 e. The maximum atomic E-state index is 12.3. The summed E-state index contributed by atoms with van der Waals surface area (Å²) in [6, 6.07) is -0.327. The zero-order chi connectivity index (χ0) is 13.0. The Hall–Kier alpha value is -1.10. The van der Waals surface area contributed by atoms with Gasteiger partial charge in [-0.15, -0.1) is 0 Å². The third-order valence-corrected chi connectivity index (χ3v) is 3.51. The Balaban J connectivity index is 2.66. The van der Waals surface area contributed by atoms with Gasteiger partial charge >= 0.3 is 5.97 Å². The molecule has 1 saturated carbocycles. The number of amides is 1. The molecule has 5 heteroatoms. The number of hydrogen-bond acceptors (Lipinski definition) is 3. The topological polar surface area (TPSA) is 83.6 Å². The van der Waals surface area contributed by atoms with Gasteiger partial charge in [0.2, 0.25) is 5.91 Å². The van der Waals surface area contributed by atoms with Crippen molar-refractivity contribution in [1.82, 2.24) is 4.90 Å². The number of aliphatic carboxylic acids is 1. The van der Waals surface area contributed by atoms with Crippen LogP contribution in [0.15, 0.2) is 0 Å². The number of nitrogens with two attached hydrogens (primary N) is 1. The van der Waals surface area contributed by atoms with Crippen LogP contribution in [0.3, 0.4) is 0 Å². The Labute approximate surface area is 102 Å². The van der Waals surface area contributed by atoms with Crippen LogP contribution in [0.4, 0.5) is 0 Å². The van der Waals surface area contributed by atoms with Crippen molar-refractivity contribution in [3.05, 3.63) is 0 Å². The fraction of sp³-hybridized carbons (Fsp3) is 0.833. The van der Waals surface area contributed by atoms with E-state index in [4.69, 9.17) is 10.8 Å². The minimum absolute atomic E-state index is 0.0124. The molecule has 0 spiro atoms.